The molecule has 0 saturated heterocycles. The molecule has 2 aromatic carbocycles. The van der Waals surface area contributed by atoms with Crippen molar-refractivity contribution in [2.75, 3.05) is 7.05 Å². The van der Waals surface area contributed by atoms with Crippen LogP contribution in [0, 0.1) is 0 Å². The molecule has 6 heteroatoms. The highest BCUT2D eigenvalue weighted by molar-refractivity contribution is 7.21. The van der Waals surface area contributed by atoms with E-state index in [-0.39, 0.29) is 18.0 Å². The summed E-state index contributed by atoms with van der Waals surface area (Å²) in [5, 5.41) is 4.90. The second-order valence-corrected chi connectivity index (χ2v) is 10.3. The summed E-state index contributed by atoms with van der Waals surface area (Å²) in [6.07, 6.45) is 7.63. The molecular formula is C28H28ClN3OS. The van der Waals surface area contributed by atoms with Gasteiger partial charge in [-0.15, -0.1) is 11.3 Å². The van der Waals surface area contributed by atoms with Gasteiger partial charge in [-0.3, -0.25) is 9.78 Å². The molecule has 1 unspecified atom stereocenters. The van der Waals surface area contributed by atoms with Crippen LogP contribution in [-0.4, -0.2) is 34.9 Å². The van der Waals surface area contributed by atoms with Gasteiger partial charge in [-0.2, -0.15) is 0 Å². The van der Waals surface area contributed by atoms with Crippen molar-refractivity contribution in [3.8, 4) is 0 Å². The Labute approximate surface area is 209 Å². The zero-order chi connectivity index (χ0) is 23.5. The number of aromatic nitrogens is 1. The Kier molecular flexibility index (Phi) is 6.95. The monoisotopic (exact) mass is 489 g/mol. The Morgan fingerprint density at radius 1 is 1.00 bits per heavy atom. The molecule has 2 aromatic heterocycles. The summed E-state index contributed by atoms with van der Waals surface area (Å²) < 4.78 is 1.03. The summed E-state index contributed by atoms with van der Waals surface area (Å²) in [5.74, 6) is -0.00295. The average Bonchev–Trinajstić information content (AvgIpc) is 3.24. The highest BCUT2D eigenvalue weighted by Gasteiger charge is 2.37. The predicted octanol–water partition coefficient (Wildman–Crippen LogP) is 6.71. The summed E-state index contributed by atoms with van der Waals surface area (Å²) in [6, 6.07) is 22.6. The number of hydrogen-bond acceptors (Lipinski definition) is 4. The van der Waals surface area contributed by atoms with E-state index >= 15 is 0 Å². The summed E-state index contributed by atoms with van der Waals surface area (Å²) in [4.78, 5) is 21.5. The van der Waals surface area contributed by atoms with Crippen molar-refractivity contribution in [1.82, 2.24) is 15.2 Å². The van der Waals surface area contributed by atoms with Crippen LogP contribution >= 0.6 is 22.9 Å². The van der Waals surface area contributed by atoms with Crippen LogP contribution in [0.25, 0.3) is 10.1 Å². The Morgan fingerprint density at radius 2 is 1.71 bits per heavy atom. The number of pyridine rings is 1. The maximum atomic E-state index is 14.4. The molecular weight excluding hydrogens is 462 g/mol. The molecule has 1 N–H and O–H groups in total. The van der Waals surface area contributed by atoms with Gasteiger partial charge in [0, 0.05) is 34.6 Å². The van der Waals surface area contributed by atoms with Gasteiger partial charge >= 0.3 is 0 Å². The Balaban J connectivity index is 1.63. The number of fused-ring (bicyclic) bond motifs is 1. The number of nitrogens with zero attached hydrogens (tertiary/aromatic N) is 2. The first-order valence-corrected chi connectivity index (χ1v) is 13.0. The van der Waals surface area contributed by atoms with Crippen molar-refractivity contribution in [1.29, 1.82) is 0 Å². The van der Waals surface area contributed by atoms with Crippen LogP contribution in [0.1, 0.15) is 52.5 Å². The number of amides is 1. The third-order valence-corrected chi connectivity index (χ3v) is 8.52. The first kappa shape index (κ1) is 23.0. The van der Waals surface area contributed by atoms with Crippen molar-refractivity contribution in [3.05, 3.63) is 100 Å². The van der Waals surface area contributed by atoms with E-state index in [2.05, 4.69) is 33.4 Å². The molecule has 0 spiro atoms. The Morgan fingerprint density at radius 3 is 2.38 bits per heavy atom. The molecule has 0 bridgehead atoms. The normalized spacial score (nSPS) is 19.1. The molecule has 5 rings (SSSR count). The van der Waals surface area contributed by atoms with Crippen LogP contribution in [0.4, 0.5) is 0 Å². The summed E-state index contributed by atoms with van der Waals surface area (Å²) >= 11 is 8.30. The second kappa shape index (κ2) is 10.3. The molecule has 4 nitrogen and oxygen atoms in total. The minimum atomic E-state index is -0.236. The molecule has 1 amide bonds. The van der Waals surface area contributed by atoms with Crippen molar-refractivity contribution in [3.63, 3.8) is 0 Å². The van der Waals surface area contributed by atoms with E-state index in [4.69, 9.17) is 11.6 Å². The van der Waals surface area contributed by atoms with Crippen molar-refractivity contribution in [2.45, 2.75) is 43.8 Å². The molecule has 1 aliphatic rings. The highest BCUT2D eigenvalue weighted by atomic mass is 35.5. The molecule has 1 fully saturated rings. The zero-order valence-corrected chi connectivity index (χ0v) is 20.7. The van der Waals surface area contributed by atoms with E-state index in [1.807, 2.05) is 61.8 Å². The molecule has 0 radical (unpaired) electrons. The quantitative estimate of drug-likeness (QED) is 0.327. The molecule has 2 heterocycles. The van der Waals surface area contributed by atoms with E-state index < -0.39 is 0 Å². The van der Waals surface area contributed by atoms with Crippen molar-refractivity contribution in [2.24, 2.45) is 0 Å². The lowest BCUT2D eigenvalue weighted by atomic mass is 9.87. The molecule has 1 saturated carbocycles. The Bertz CT molecular complexity index is 1210. The first-order valence-electron chi connectivity index (χ1n) is 11.8. The Hall–Kier alpha value is -2.73. The fourth-order valence-electron chi connectivity index (χ4n) is 5.09. The van der Waals surface area contributed by atoms with Crippen molar-refractivity contribution < 1.29 is 4.79 Å². The molecule has 0 aliphatic heterocycles. The van der Waals surface area contributed by atoms with Gasteiger partial charge < -0.3 is 10.2 Å². The SMILES string of the molecule is CNC1CCC(N(C(=O)c2sc3ccccc3c2Cl)C(c2ccccc2)c2cccnc2)CC1. The molecule has 174 valence electrons. The molecule has 34 heavy (non-hydrogen) atoms. The average molecular weight is 490 g/mol. The van der Waals surface area contributed by atoms with Gasteiger partial charge in [-0.25, -0.2) is 0 Å². The van der Waals surface area contributed by atoms with Gasteiger partial charge in [0.1, 0.15) is 4.88 Å². The van der Waals surface area contributed by atoms with Gasteiger partial charge in [-0.05, 0) is 56.0 Å². The maximum Gasteiger partial charge on any atom is 0.266 e. The number of carbonyl (C=O) groups is 1. The number of halogens is 1. The van der Waals surface area contributed by atoms with Crippen molar-refractivity contribution >= 4 is 38.9 Å². The van der Waals surface area contributed by atoms with Crippen LogP contribution in [0.2, 0.25) is 5.02 Å². The zero-order valence-electron chi connectivity index (χ0n) is 19.2. The minimum absolute atomic E-state index is 0.00295. The standard InChI is InChI=1S/C28H28ClN3OS/c1-30-21-13-15-22(16-14-21)32(28(33)27-25(29)23-11-5-6-12-24(23)34-27)26(19-8-3-2-4-9-19)20-10-7-17-31-18-20/h2-12,17-18,21-22,26,30H,13-16H2,1H3. The maximum absolute atomic E-state index is 14.4. The predicted molar refractivity (Wildman–Crippen MR) is 141 cm³/mol. The van der Waals surface area contributed by atoms with E-state index in [1.165, 1.54) is 11.3 Å². The molecule has 4 aromatic rings. The van der Waals surface area contributed by atoms with E-state index in [0.29, 0.717) is 15.9 Å². The fourth-order valence-corrected chi connectivity index (χ4v) is 6.55. The third kappa shape index (κ3) is 4.48. The molecule has 1 aliphatic carbocycles. The van der Waals surface area contributed by atoms with Crippen LogP contribution < -0.4 is 5.32 Å². The largest absolute Gasteiger partial charge is 0.324 e. The van der Waals surface area contributed by atoms with E-state index in [0.717, 1.165) is 46.9 Å². The van der Waals surface area contributed by atoms with Crippen LogP contribution in [0.3, 0.4) is 0 Å². The summed E-state index contributed by atoms with van der Waals surface area (Å²) in [5.41, 5.74) is 2.09. The number of nitrogens with one attached hydrogen (secondary N) is 1. The number of hydrogen-bond donors (Lipinski definition) is 1. The van der Waals surface area contributed by atoms with E-state index in [1.54, 1.807) is 6.20 Å². The third-order valence-electron chi connectivity index (χ3n) is 6.86. The molecule has 1 atom stereocenters. The number of carbonyl (C=O) groups excluding carboxylic acids is 1. The smallest absolute Gasteiger partial charge is 0.266 e. The van der Waals surface area contributed by atoms with Crippen LogP contribution in [-0.2, 0) is 0 Å². The van der Waals surface area contributed by atoms with Crippen LogP contribution in [0.5, 0.6) is 0 Å². The lowest BCUT2D eigenvalue weighted by Gasteiger charge is -2.42. The fraction of sp³-hybridized carbons (Fsp3) is 0.286. The van der Waals surface area contributed by atoms with Crippen LogP contribution in [0.15, 0.2) is 79.1 Å². The second-order valence-electron chi connectivity index (χ2n) is 8.85. The van der Waals surface area contributed by atoms with E-state index in [9.17, 15) is 4.79 Å². The summed E-state index contributed by atoms with van der Waals surface area (Å²) in [7, 11) is 2.02. The minimum Gasteiger partial charge on any atom is -0.324 e. The number of thiophene rings is 1. The van der Waals surface area contributed by atoms with Gasteiger partial charge in [0.05, 0.1) is 11.1 Å². The van der Waals surface area contributed by atoms with Gasteiger partial charge in [0.25, 0.3) is 5.91 Å². The topological polar surface area (TPSA) is 45.2 Å². The lowest BCUT2D eigenvalue weighted by molar-refractivity contribution is 0.0546. The highest BCUT2D eigenvalue weighted by Crippen LogP contribution is 2.41. The van der Waals surface area contributed by atoms with Gasteiger partial charge in [-0.1, -0.05) is 66.2 Å². The lowest BCUT2D eigenvalue weighted by Crippen LogP contribution is -2.46. The number of benzene rings is 2. The summed E-state index contributed by atoms with van der Waals surface area (Å²) in [6.45, 7) is 0. The van der Waals surface area contributed by atoms with Gasteiger partial charge in [0.15, 0.2) is 0 Å². The number of rotatable bonds is 6. The van der Waals surface area contributed by atoms with Gasteiger partial charge in [0.2, 0.25) is 0 Å². The first-order chi connectivity index (χ1) is 16.7.